The van der Waals surface area contributed by atoms with Gasteiger partial charge in [-0.1, -0.05) is 13.0 Å². The lowest BCUT2D eigenvalue weighted by molar-refractivity contribution is 0.0918. The van der Waals surface area contributed by atoms with E-state index < -0.39 is 10.0 Å². The van der Waals surface area contributed by atoms with Gasteiger partial charge < -0.3 is 4.74 Å². The van der Waals surface area contributed by atoms with Gasteiger partial charge in [-0.15, -0.1) is 0 Å². The van der Waals surface area contributed by atoms with Gasteiger partial charge in [-0.25, -0.2) is 13.4 Å². The standard InChI is InChI=1S/C15H22N2O3S/c1-2-9-21(18,19)17-12-6-7-13(17)11-14(10-12)20-15-5-3-4-8-16-15/h3-5,8,12-14H,2,6-7,9-11H2,1H3. The van der Waals surface area contributed by atoms with Gasteiger partial charge in [-0.2, -0.15) is 4.31 Å². The molecule has 0 radical (unpaired) electrons. The third-order valence-electron chi connectivity index (χ3n) is 4.33. The second-order valence-corrected chi connectivity index (χ2v) is 7.90. The first-order chi connectivity index (χ1) is 10.1. The zero-order valence-corrected chi connectivity index (χ0v) is 13.1. The SMILES string of the molecule is CCCS(=O)(=O)N1C2CCC1CC(Oc1ccccn1)C2. The van der Waals surface area contributed by atoms with Crippen LogP contribution in [0.5, 0.6) is 5.88 Å². The maximum atomic E-state index is 12.4. The first-order valence-electron chi connectivity index (χ1n) is 7.69. The van der Waals surface area contributed by atoms with Crippen LogP contribution in [0.4, 0.5) is 0 Å². The summed E-state index contributed by atoms with van der Waals surface area (Å²) < 4.78 is 32.5. The van der Waals surface area contributed by atoms with Gasteiger partial charge in [-0.05, 0) is 25.3 Å². The van der Waals surface area contributed by atoms with Crippen LogP contribution in [0.2, 0.25) is 0 Å². The predicted molar refractivity (Wildman–Crippen MR) is 80.6 cm³/mol. The lowest BCUT2D eigenvalue weighted by atomic mass is 10.0. The molecule has 2 bridgehead atoms. The highest BCUT2D eigenvalue weighted by Gasteiger charge is 2.46. The van der Waals surface area contributed by atoms with Gasteiger partial charge in [0.25, 0.3) is 0 Å². The molecule has 0 spiro atoms. The fourth-order valence-corrected chi connectivity index (χ4v) is 5.60. The van der Waals surface area contributed by atoms with Crippen LogP contribution in [0.25, 0.3) is 0 Å². The van der Waals surface area contributed by atoms with Crippen molar-refractivity contribution in [1.29, 1.82) is 0 Å². The smallest absolute Gasteiger partial charge is 0.214 e. The van der Waals surface area contributed by atoms with Crippen molar-refractivity contribution >= 4 is 10.0 Å². The molecule has 6 heteroatoms. The molecule has 2 atom stereocenters. The number of pyridine rings is 1. The average molecular weight is 310 g/mol. The molecular weight excluding hydrogens is 288 g/mol. The first kappa shape index (κ1) is 14.8. The third-order valence-corrected chi connectivity index (χ3v) is 6.49. The van der Waals surface area contributed by atoms with E-state index in [0.717, 1.165) is 25.7 Å². The van der Waals surface area contributed by atoms with Gasteiger partial charge in [0.15, 0.2) is 0 Å². The number of sulfonamides is 1. The molecule has 3 rings (SSSR count). The minimum atomic E-state index is -3.10. The van der Waals surface area contributed by atoms with E-state index >= 15 is 0 Å². The molecule has 0 N–H and O–H groups in total. The summed E-state index contributed by atoms with van der Waals surface area (Å²) in [6.07, 6.45) is 5.92. The van der Waals surface area contributed by atoms with E-state index in [9.17, 15) is 8.42 Å². The second-order valence-electron chi connectivity index (χ2n) is 5.91. The summed E-state index contributed by atoms with van der Waals surface area (Å²) in [5.41, 5.74) is 0. The highest BCUT2D eigenvalue weighted by Crippen LogP contribution is 2.39. The monoisotopic (exact) mass is 310 g/mol. The lowest BCUT2D eigenvalue weighted by Gasteiger charge is -2.37. The van der Waals surface area contributed by atoms with E-state index in [-0.39, 0.29) is 23.9 Å². The summed E-state index contributed by atoms with van der Waals surface area (Å²) in [7, 11) is -3.10. The third kappa shape index (κ3) is 3.06. The molecule has 116 valence electrons. The van der Waals surface area contributed by atoms with E-state index in [1.165, 1.54) is 0 Å². The zero-order chi connectivity index (χ0) is 14.9. The Morgan fingerprint density at radius 3 is 2.57 bits per heavy atom. The van der Waals surface area contributed by atoms with Gasteiger partial charge >= 0.3 is 0 Å². The van der Waals surface area contributed by atoms with Crippen LogP contribution in [-0.2, 0) is 10.0 Å². The molecule has 0 saturated carbocycles. The van der Waals surface area contributed by atoms with E-state index in [1.807, 2.05) is 25.1 Å². The quantitative estimate of drug-likeness (QED) is 0.836. The molecule has 1 aromatic rings. The number of ether oxygens (including phenoxy) is 1. The summed E-state index contributed by atoms with van der Waals surface area (Å²) in [6.45, 7) is 1.91. The van der Waals surface area contributed by atoms with Crippen molar-refractivity contribution in [2.45, 2.75) is 57.2 Å². The Hall–Kier alpha value is -1.14. The van der Waals surface area contributed by atoms with Gasteiger partial charge in [0.1, 0.15) is 6.10 Å². The van der Waals surface area contributed by atoms with Crippen molar-refractivity contribution in [3.05, 3.63) is 24.4 Å². The fraction of sp³-hybridized carbons (Fsp3) is 0.667. The molecule has 0 aliphatic carbocycles. The predicted octanol–water partition coefficient (Wildman–Crippen LogP) is 2.20. The highest BCUT2D eigenvalue weighted by atomic mass is 32.2. The van der Waals surface area contributed by atoms with Crippen molar-refractivity contribution in [3.63, 3.8) is 0 Å². The molecule has 2 unspecified atom stereocenters. The average Bonchev–Trinajstić information content (AvgIpc) is 2.73. The first-order valence-corrected chi connectivity index (χ1v) is 9.30. The number of nitrogens with zero attached hydrogens (tertiary/aromatic N) is 2. The number of hydrogen-bond acceptors (Lipinski definition) is 4. The summed E-state index contributed by atoms with van der Waals surface area (Å²) >= 11 is 0. The number of fused-ring (bicyclic) bond motifs is 2. The van der Waals surface area contributed by atoms with E-state index in [0.29, 0.717) is 12.3 Å². The minimum Gasteiger partial charge on any atom is -0.474 e. The molecule has 0 amide bonds. The molecule has 21 heavy (non-hydrogen) atoms. The second kappa shape index (κ2) is 5.93. The topological polar surface area (TPSA) is 59.5 Å². The molecule has 2 fully saturated rings. The van der Waals surface area contributed by atoms with E-state index in [4.69, 9.17) is 4.74 Å². The van der Waals surface area contributed by atoms with Crippen LogP contribution in [0.15, 0.2) is 24.4 Å². The van der Waals surface area contributed by atoms with Gasteiger partial charge in [0.2, 0.25) is 15.9 Å². The van der Waals surface area contributed by atoms with Crippen LogP contribution in [0.3, 0.4) is 0 Å². The van der Waals surface area contributed by atoms with Crippen LogP contribution in [0, 0.1) is 0 Å². The zero-order valence-electron chi connectivity index (χ0n) is 12.3. The molecule has 1 aromatic heterocycles. The van der Waals surface area contributed by atoms with Crippen LogP contribution < -0.4 is 4.74 Å². The number of piperidine rings is 1. The maximum Gasteiger partial charge on any atom is 0.214 e. The molecule has 3 heterocycles. The summed E-state index contributed by atoms with van der Waals surface area (Å²) in [5, 5.41) is 0. The number of aromatic nitrogens is 1. The Kier molecular flexibility index (Phi) is 4.17. The van der Waals surface area contributed by atoms with Crippen molar-refractivity contribution < 1.29 is 13.2 Å². The highest BCUT2D eigenvalue weighted by molar-refractivity contribution is 7.89. The Bertz CT molecular complexity index is 562. The van der Waals surface area contributed by atoms with Gasteiger partial charge in [0, 0.05) is 37.2 Å². The Morgan fingerprint density at radius 2 is 2.00 bits per heavy atom. The maximum absolute atomic E-state index is 12.4. The molecule has 5 nitrogen and oxygen atoms in total. The van der Waals surface area contributed by atoms with Crippen molar-refractivity contribution in [3.8, 4) is 5.88 Å². The van der Waals surface area contributed by atoms with E-state index in [2.05, 4.69) is 4.98 Å². The van der Waals surface area contributed by atoms with E-state index in [1.54, 1.807) is 10.5 Å². The normalized spacial score (nSPS) is 29.5. The van der Waals surface area contributed by atoms with Crippen molar-refractivity contribution in [2.75, 3.05) is 5.75 Å². The molecule has 2 aliphatic rings. The molecule has 0 aromatic carbocycles. The fourth-order valence-electron chi connectivity index (χ4n) is 3.59. The largest absolute Gasteiger partial charge is 0.474 e. The Balaban J connectivity index is 1.69. The number of rotatable bonds is 5. The van der Waals surface area contributed by atoms with Crippen molar-refractivity contribution in [2.24, 2.45) is 0 Å². The van der Waals surface area contributed by atoms with Gasteiger partial charge in [0.05, 0.1) is 5.75 Å². The molecule has 2 saturated heterocycles. The van der Waals surface area contributed by atoms with Crippen molar-refractivity contribution in [1.82, 2.24) is 9.29 Å². The Morgan fingerprint density at radius 1 is 1.29 bits per heavy atom. The van der Waals surface area contributed by atoms with Gasteiger partial charge in [-0.3, -0.25) is 0 Å². The lowest BCUT2D eigenvalue weighted by Crippen LogP contribution is -2.49. The van der Waals surface area contributed by atoms with Crippen LogP contribution in [0.1, 0.15) is 39.0 Å². The summed E-state index contributed by atoms with van der Waals surface area (Å²) in [6, 6.07) is 5.82. The molecular formula is C15H22N2O3S. The Labute approximate surface area is 126 Å². The molecule has 2 aliphatic heterocycles. The van der Waals surface area contributed by atoms with Crippen LogP contribution in [-0.4, -0.2) is 41.6 Å². The summed E-state index contributed by atoms with van der Waals surface area (Å²) in [5.74, 6) is 0.887. The summed E-state index contributed by atoms with van der Waals surface area (Å²) in [4.78, 5) is 4.19. The number of hydrogen-bond donors (Lipinski definition) is 0. The van der Waals surface area contributed by atoms with Crippen LogP contribution >= 0.6 is 0 Å². The minimum absolute atomic E-state index is 0.0745.